The van der Waals surface area contributed by atoms with Gasteiger partial charge in [0.2, 0.25) is 0 Å². The first kappa shape index (κ1) is 15.1. The molecule has 0 amide bonds. The fourth-order valence-electron chi connectivity index (χ4n) is 4.85. The minimum absolute atomic E-state index is 0.816. The Labute approximate surface area is 130 Å². The fraction of sp³-hybridized carbons (Fsp3) is 0.700. The number of hydrogen-bond acceptors (Lipinski definition) is 1. The van der Waals surface area contributed by atoms with Crippen LogP contribution in [0.25, 0.3) is 0 Å². The maximum absolute atomic E-state index is 3.60. The highest BCUT2D eigenvalue weighted by atomic mass is 14.8. The molecule has 1 aromatic carbocycles. The second-order valence-electron chi connectivity index (χ2n) is 7.54. The molecule has 1 nitrogen and oxygen atoms in total. The van der Waals surface area contributed by atoms with Gasteiger partial charge in [-0.3, -0.25) is 0 Å². The summed E-state index contributed by atoms with van der Waals surface area (Å²) in [6.45, 7) is 6.72. The van der Waals surface area contributed by atoms with Crippen LogP contribution >= 0.6 is 0 Å². The molecule has 0 aliphatic heterocycles. The molecule has 1 N–H and O–H groups in total. The van der Waals surface area contributed by atoms with Gasteiger partial charge in [-0.25, -0.2) is 0 Å². The number of fused-ring (bicyclic) bond motifs is 2. The van der Waals surface area contributed by atoms with E-state index in [0.29, 0.717) is 0 Å². The molecule has 1 heteroatoms. The predicted molar refractivity (Wildman–Crippen MR) is 90.5 cm³/mol. The van der Waals surface area contributed by atoms with Gasteiger partial charge in [0.25, 0.3) is 0 Å². The molecule has 0 heterocycles. The van der Waals surface area contributed by atoms with Crippen molar-refractivity contribution in [3.8, 4) is 0 Å². The van der Waals surface area contributed by atoms with Gasteiger partial charge in [-0.15, -0.1) is 0 Å². The standard InChI is InChI=1S/C20H31N/c1-3-21-14-18(10-16-6-4-5-15(2)9-16)13-20-12-17-7-8-19(20)11-17/h4-6,9,17-21H,3,7-8,10-14H2,1-2H3. The summed E-state index contributed by atoms with van der Waals surface area (Å²) in [5, 5.41) is 3.60. The van der Waals surface area contributed by atoms with E-state index in [1.165, 1.54) is 49.8 Å². The summed E-state index contributed by atoms with van der Waals surface area (Å²) in [6.07, 6.45) is 8.82. The first-order valence-electron chi connectivity index (χ1n) is 9.00. The van der Waals surface area contributed by atoms with Gasteiger partial charge in [-0.2, -0.15) is 0 Å². The Morgan fingerprint density at radius 2 is 2.14 bits per heavy atom. The van der Waals surface area contributed by atoms with Gasteiger partial charge in [0.15, 0.2) is 0 Å². The lowest BCUT2D eigenvalue weighted by atomic mass is 9.80. The van der Waals surface area contributed by atoms with Gasteiger partial charge in [0, 0.05) is 0 Å². The lowest BCUT2D eigenvalue weighted by Gasteiger charge is -2.27. The van der Waals surface area contributed by atoms with Crippen molar-refractivity contribution >= 4 is 0 Å². The second kappa shape index (κ2) is 6.96. The molecule has 4 unspecified atom stereocenters. The lowest BCUT2D eigenvalue weighted by Crippen LogP contribution is -2.27. The van der Waals surface area contributed by atoms with Gasteiger partial charge in [-0.05, 0) is 81.4 Å². The maximum Gasteiger partial charge on any atom is -0.00173 e. The molecule has 2 bridgehead atoms. The zero-order valence-corrected chi connectivity index (χ0v) is 13.8. The van der Waals surface area contributed by atoms with E-state index < -0.39 is 0 Å². The van der Waals surface area contributed by atoms with Crippen LogP contribution in [0.4, 0.5) is 0 Å². The zero-order valence-electron chi connectivity index (χ0n) is 13.8. The van der Waals surface area contributed by atoms with Crippen molar-refractivity contribution in [2.75, 3.05) is 13.1 Å². The largest absolute Gasteiger partial charge is 0.317 e. The SMILES string of the molecule is CCNCC(Cc1cccc(C)c1)CC1CC2CCC1C2. The highest BCUT2D eigenvalue weighted by molar-refractivity contribution is 5.22. The molecule has 3 rings (SSSR count). The summed E-state index contributed by atoms with van der Waals surface area (Å²) in [5.41, 5.74) is 2.93. The number of rotatable bonds is 7. The van der Waals surface area contributed by atoms with Crippen molar-refractivity contribution in [3.05, 3.63) is 35.4 Å². The molecule has 1 aromatic rings. The Morgan fingerprint density at radius 3 is 2.81 bits per heavy atom. The van der Waals surface area contributed by atoms with Crippen LogP contribution in [0.2, 0.25) is 0 Å². The molecular weight excluding hydrogens is 254 g/mol. The normalized spacial score (nSPS) is 29.0. The number of aryl methyl sites for hydroxylation is 1. The van der Waals surface area contributed by atoms with Gasteiger partial charge >= 0.3 is 0 Å². The predicted octanol–water partition coefficient (Wildman–Crippen LogP) is 4.59. The van der Waals surface area contributed by atoms with Crippen molar-refractivity contribution in [2.24, 2.45) is 23.7 Å². The average molecular weight is 285 g/mol. The summed E-state index contributed by atoms with van der Waals surface area (Å²) in [6, 6.07) is 9.11. The molecule has 2 aliphatic rings. The van der Waals surface area contributed by atoms with Crippen LogP contribution in [0, 0.1) is 30.6 Å². The van der Waals surface area contributed by atoms with E-state index in [2.05, 4.69) is 43.4 Å². The van der Waals surface area contributed by atoms with E-state index in [1.807, 2.05) is 0 Å². The third kappa shape index (κ3) is 3.88. The first-order valence-corrected chi connectivity index (χ1v) is 9.00. The quantitative estimate of drug-likeness (QED) is 0.772. The Hall–Kier alpha value is -0.820. The third-order valence-electron chi connectivity index (χ3n) is 5.81. The van der Waals surface area contributed by atoms with Crippen LogP contribution in [0.3, 0.4) is 0 Å². The van der Waals surface area contributed by atoms with Gasteiger partial charge in [0.1, 0.15) is 0 Å². The van der Waals surface area contributed by atoms with Crippen LogP contribution in [-0.4, -0.2) is 13.1 Å². The van der Waals surface area contributed by atoms with Gasteiger partial charge in [-0.1, -0.05) is 43.2 Å². The molecule has 116 valence electrons. The van der Waals surface area contributed by atoms with Gasteiger partial charge < -0.3 is 5.32 Å². The molecular formula is C20H31N. The van der Waals surface area contributed by atoms with Crippen molar-refractivity contribution in [1.29, 1.82) is 0 Å². The zero-order chi connectivity index (χ0) is 14.7. The summed E-state index contributed by atoms with van der Waals surface area (Å²) < 4.78 is 0. The van der Waals surface area contributed by atoms with Crippen LogP contribution in [0.15, 0.2) is 24.3 Å². The monoisotopic (exact) mass is 285 g/mol. The van der Waals surface area contributed by atoms with Crippen molar-refractivity contribution in [2.45, 2.75) is 52.4 Å². The Balaban J connectivity index is 1.60. The van der Waals surface area contributed by atoms with Crippen molar-refractivity contribution in [1.82, 2.24) is 5.32 Å². The van der Waals surface area contributed by atoms with E-state index in [0.717, 1.165) is 30.2 Å². The highest BCUT2D eigenvalue weighted by Crippen LogP contribution is 2.50. The van der Waals surface area contributed by atoms with Crippen LogP contribution in [0.5, 0.6) is 0 Å². The lowest BCUT2D eigenvalue weighted by molar-refractivity contribution is 0.262. The molecule has 0 radical (unpaired) electrons. The molecule has 0 saturated heterocycles. The summed E-state index contributed by atoms with van der Waals surface area (Å²) >= 11 is 0. The molecule has 21 heavy (non-hydrogen) atoms. The van der Waals surface area contributed by atoms with E-state index in [9.17, 15) is 0 Å². The number of hydrogen-bond donors (Lipinski definition) is 1. The van der Waals surface area contributed by atoms with Crippen LogP contribution in [0.1, 0.15) is 50.2 Å². The molecule has 2 aliphatic carbocycles. The smallest absolute Gasteiger partial charge is 0.00173 e. The van der Waals surface area contributed by atoms with E-state index >= 15 is 0 Å². The van der Waals surface area contributed by atoms with Crippen molar-refractivity contribution < 1.29 is 0 Å². The topological polar surface area (TPSA) is 12.0 Å². The molecule has 0 aromatic heterocycles. The highest BCUT2D eigenvalue weighted by Gasteiger charge is 2.39. The number of nitrogens with one attached hydrogen (secondary N) is 1. The minimum Gasteiger partial charge on any atom is -0.317 e. The Bertz CT molecular complexity index is 453. The molecule has 2 fully saturated rings. The van der Waals surface area contributed by atoms with Crippen LogP contribution in [-0.2, 0) is 6.42 Å². The second-order valence-corrected chi connectivity index (χ2v) is 7.54. The first-order chi connectivity index (χ1) is 10.2. The summed E-state index contributed by atoms with van der Waals surface area (Å²) in [5.74, 6) is 3.99. The summed E-state index contributed by atoms with van der Waals surface area (Å²) in [4.78, 5) is 0. The van der Waals surface area contributed by atoms with Crippen molar-refractivity contribution in [3.63, 3.8) is 0 Å². The van der Waals surface area contributed by atoms with Gasteiger partial charge in [0.05, 0.1) is 0 Å². The van der Waals surface area contributed by atoms with E-state index in [-0.39, 0.29) is 0 Å². The maximum atomic E-state index is 3.60. The fourth-order valence-corrected chi connectivity index (χ4v) is 4.85. The average Bonchev–Trinajstić information content (AvgIpc) is 3.07. The van der Waals surface area contributed by atoms with Crippen LogP contribution < -0.4 is 5.32 Å². The Kier molecular flexibility index (Phi) is 5.00. The summed E-state index contributed by atoms with van der Waals surface area (Å²) in [7, 11) is 0. The molecule has 2 saturated carbocycles. The Morgan fingerprint density at radius 1 is 1.24 bits per heavy atom. The van der Waals surface area contributed by atoms with E-state index in [1.54, 1.807) is 6.42 Å². The molecule has 0 spiro atoms. The molecule has 4 atom stereocenters. The van der Waals surface area contributed by atoms with E-state index in [4.69, 9.17) is 0 Å². The third-order valence-corrected chi connectivity index (χ3v) is 5.81. The minimum atomic E-state index is 0.816. The number of benzene rings is 1.